The minimum atomic E-state index is 0.911. The molecule has 0 radical (unpaired) electrons. The zero-order valence-corrected chi connectivity index (χ0v) is 45.3. The van der Waals surface area contributed by atoms with Crippen LogP contribution in [0.4, 0.5) is 11.4 Å². The van der Waals surface area contributed by atoms with E-state index in [0.717, 1.165) is 39.0 Å². The number of aromatic nitrogens is 2. The molecule has 15 aromatic rings. The summed E-state index contributed by atoms with van der Waals surface area (Å²) in [4.78, 5) is 3.38. The molecule has 15 rings (SSSR count). The Morgan fingerprint density at radius 1 is 0.377 bits per heavy atom. The topological polar surface area (TPSA) is 45.9 Å². The summed E-state index contributed by atoms with van der Waals surface area (Å²) in [6.07, 6.45) is 0. The average molecular weight is 1020 g/mol. The van der Waals surface area contributed by atoms with Crippen molar-refractivity contribution in [1.29, 1.82) is 0 Å². The highest BCUT2D eigenvalue weighted by Crippen LogP contribution is 2.45. The molecule has 0 amide bonds. The number of benzene rings is 11. The molecule has 0 aliphatic carbocycles. The first kappa shape index (κ1) is 50.0. The third-order valence-electron chi connectivity index (χ3n) is 14.0. The first-order chi connectivity index (χ1) is 38.2. The van der Waals surface area contributed by atoms with E-state index in [4.69, 9.17) is 4.42 Å². The monoisotopic (exact) mass is 1020 g/mol. The van der Waals surface area contributed by atoms with Crippen molar-refractivity contribution in [3.63, 3.8) is 0 Å². The summed E-state index contributed by atoms with van der Waals surface area (Å²) in [5.74, 6) is 0. The van der Waals surface area contributed by atoms with Crippen molar-refractivity contribution in [1.82, 2.24) is 9.55 Å². The summed E-state index contributed by atoms with van der Waals surface area (Å²) in [6.45, 7) is 12.0. The molecule has 5 heteroatoms. The predicted octanol–water partition coefficient (Wildman–Crippen LogP) is 22.2. The molecule has 376 valence electrons. The van der Waals surface area contributed by atoms with Gasteiger partial charge in [-0.3, -0.25) is 0 Å². The first-order valence-electron chi connectivity index (χ1n) is 27.1. The number of aromatic amines is 1. The zero-order chi connectivity index (χ0) is 52.8. The van der Waals surface area contributed by atoms with Gasteiger partial charge in [-0.1, -0.05) is 205 Å². The molecule has 0 unspecified atom stereocenters. The zero-order valence-electron chi connectivity index (χ0n) is 44.4. The standard InChI is InChI=1S/C54H34N2OS.C12H9N.3C2H6/c1-2-12-34(13-3-1)41-18-4-7-21-47(41)55-39-16-10-14-35(30-39)38-25-29-52-46(33-38)43-26-27-49-53(54(43)58-52)44-20-5-8-22-48(44)56(49)40-17-11-15-36(31-40)37-24-28-51-45(32-37)42-19-6-9-23-50(42)57-51;1-3-7-11-9(5-1)10-6-2-4-8-12(10)13-11;3*1-2/h1-33,55H;1-8,13H;3*1-2H3. The minimum Gasteiger partial charge on any atom is -0.456 e. The van der Waals surface area contributed by atoms with Crippen molar-refractivity contribution in [2.75, 3.05) is 5.32 Å². The largest absolute Gasteiger partial charge is 0.456 e. The van der Waals surface area contributed by atoms with Gasteiger partial charge in [0.05, 0.1) is 11.0 Å². The van der Waals surface area contributed by atoms with Crippen molar-refractivity contribution >= 4 is 108 Å². The maximum Gasteiger partial charge on any atom is 0.135 e. The Kier molecular flexibility index (Phi) is 14.5. The Labute approximate surface area is 454 Å². The fourth-order valence-electron chi connectivity index (χ4n) is 10.7. The second-order valence-electron chi connectivity index (χ2n) is 18.2. The number of hydrogen-bond acceptors (Lipinski definition) is 3. The van der Waals surface area contributed by atoms with E-state index in [-0.39, 0.29) is 0 Å². The van der Waals surface area contributed by atoms with Gasteiger partial charge < -0.3 is 19.3 Å². The van der Waals surface area contributed by atoms with E-state index < -0.39 is 0 Å². The molecule has 0 fully saturated rings. The van der Waals surface area contributed by atoms with Gasteiger partial charge in [0.1, 0.15) is 11.2 Å². The van der Waals surface area contributed by atoms with E-state index in [0.29, 0.717) is 0 Å². The summed E-state index contributed by atoms with van der Waals surface area (Å²) < 4.78 is 11.2. The molecule has 0 aliphatic rings. The molecule has 77 heavy (non-hydrogen) atoms. The molecule has 4 heterocycles. The van der Waals surface area contributed by atoms with Crippen molar-refractivity contribution in [2.45, 2.75) is 41.5 Å². The van der Waals surface area contributed by atoms with Gasteiger partial charge in [0.2, 0.25) is 0 Å². The summed E-state index contributed by atoms with van der Waals surface area (Å²) in [5.41, 5.74) is 17.1. The van der Waals surface area contributed by atoms with E-state index in [1.54, 1.807) is 0 Å². The number of nitrogens with one attached hydrogen (secondary N) is 2. The minimum absolute atomic E-state index is 0.911. The number of fused-ring (bicyclic) bond motifs is 13. The molecule has 0 saturated carbocycles. The van der Waals surface area contributed by atoms with Crippen molar-refractivity contribution in [2.24, 2.45) is 0 Å². The van der Waals surface area contributed by atoms with Crippen molar-refractivity contribution < 1.29 is 4.42 Å². The fraction of sp³-hybridized carbons (Fsp3) is 0.0833. The Morgan fingerprint density at radius 3 is 1.71 bits per heavy atom. The highest BCUT2D eigenvalue weighted by molar-refractivity contribution is 7.26. The van der Waals surface area contributed by atoms with Gasteiger partial charge in [0.15, 0.2) is 0 Å². The van der Waals surface area contributed by atoms with E-state index >= 15 is 0 Å². The molecule has 0 saturated heterocycles. The van der Waals surface area contributed by atoms with Crippen LogP contribution in [0.1, 0.15) is 41.5 Å². The van der Waals surface area contributed by atoms with Crippen LogP contribution in [0.2, 0.25) is 0 Å². The Bertz CT molecular complexity index is 4460. The van der Waals surface area contributed by atoms with Crippen LogP contribution in [-0.4, -0.2) is 9.55 Å². The number of hydrogen-bond donors (Lipinski definition) is 2. The first-order valence-corrected chi connectivity index (χ1v) is 27.9. The summed E-state index contributed by atoms with van der Waals surface area (Å²) >= 11 is 1.89. The van der Waals surface area contributed by atoms with Crippen LogP contribution in [0.15, 0.2) is 253 Å². The van der Waals surface area contributed by atoms with E-state index in [2.05, 4.69) is 251 Å². The van der Waals surface area contributed by atoms with Crippen LogP contribution in [0, 0.1) is 0 Å². The summed E-state index contributed by atoms with van der Waals surface area (Å²) in [6, 6.07) is 88.7. The van der Waals surface area contributed by atoms with Gasteiger partial charge in [-0.05, 0) is 113 Å². The Morgan fingerprint density at radius 2 is 0.948 bits per heavy atom. The Balaban J connectivity index is 0.000000283. The quantitative estimate of drug-likeness (QED) is 0.174. The molecular weight excluding hydrogens is 955 g/mol. The van der Waals surface area contributed by atoms with Gasteiger partial charge in [-0.2, -0.15) is 0 Å². The normalized spacial score (nSPS) is 11.0. The second-order valence-corrected chi connectivity index (χ2v) is 19.2. The number of rotatable bonds is 6. The fourth-order valence-corrected chi connectivity index (χ4v) is 11.9. The van der Waals surface area contributed by atoms with Crippen LogP contribution >= 0.6 is 11.3 Å². The number of nitrogens with zero attached hydrogens (tertiary/aromatic N) is 1. The second kappa shape index (κ2) is 22.4. The molecule has 4 nitrogen and oxygen atoms in total. The van der Waals surface area contributed by atoms with E-state index in [1.165, 1.54) is 97.2 Å². The van der Waals surface area contributed by atoms with E-state index in [9.17, 15) is 0 Å². The number of thiophene rings is 1. The lowest BCUT2D eigenvalue weighted by molar-refractivity contribution is 0.669. The molecule has 0 atom stereocenters. The lowest BCUT2D eigenvalue weighted by atomic mass is 10.0. The summed E-state index contributed by atoms with van der Waals surface area (Å²) in [7, 11) is 0. The molecular formula is C72H61N3OS. The van der Waals surface area contributed by atoms with Crippen LogP contribution in [0.25, 0.3) is 125 Å². The highest BCUT2D eigenvalue weighted by atomic mass is 32.1. The van der Waals surface area contributed by atoms with Crippen LogP contribution < -0.4 is 5.32 Å². The summed E-state index contributed by atoms with van der Waals surface area (Å²) in [5, 5.41) is 13.7. The van der Waals surface area contributed by atoms with Gasteiger partial charge in [0, 0.05) is 86.1 Å². The molecule has 0 bridgehead atoms. The van der Waals surface area contributed by atoms with Crippen LogP contribution in [0.5, 0.6) is 0 Å². The van der Waals surface area contributed by atoms with Crippen LogP contribution in [-0.2, 0) is 0 Å². The Hall–Kier alpha value is -9.16. The molecule has 0 aliphatic heterocycles. The smallest absolute Gasteiger partial charge is 0.135 e. The molecule has 0 spiro atoms. The maximum atomic E-state index is 6.14. The number of para-hydroxylation sites is 5. The van der Waals surface area contributed by atoms with Gasteiger partial charge in [-0.15, -0.1) is 11.3 Å². The SMILES string of the molecule is CC.CC.CC.c1ccc(-c2ccccc2Nc2cccc(-c3ccc4sc5c(ccc6c5c5ccccc5n6-c5cccc(-c6ccc7oc8ccccc8c7c6)c5)c4c3)c2)cc1.c1ccc2c(c1)[nH]c1ccccc12. The van der Waals surface area contributed by atoms with Gasteiger partial charge >= 0.3 is 0 Å². The third kappa shape index (κ3) is 9.41. The van der Waals surface area contributed by atoms with Crippen molar-refractivity contribution in [3.05, 3.63) is 249 Å². The van der Waals surface area contributed by atoms with Gasteiger partial charge in [-0.25, -0.2) is 0 Å². The van der Waals surface area contributed by atoms with Gasteiger partial charge in [0.25, 0.3) is 0 Å². The number of H-pyrrole nitrogens is 1. The van der Waals surface area contributed by atoms with Crippen molar-refractivity contribution in [3.8, 4) is 39.1 Å². The molecule has 11 aromatic carbocycles. The number of anilines is 2. The lowest BCUT2D eigenvalue weighted by Crippen LogP contribution is -1.94. The third-order valence-corrected chi connectivity index (χ3v) is 15.2. The average Bonchev–Trinajstić information content (AvgIpc) is 4.35. The van der Waals surface area contributed by atoms with E-state index in [1.807, 2.05) is 65.0 Å². The predicted molar refractivity (Wildman–Crippen MR) is 337 cm³/mol. The molecule has 4 aromatic heterocycles. The van der Waals surface area contributed by atoms with Crippen LogP contribution in [0.3, 0.4) is 0 Å². The number of furan rings is 1. The maximum absolute atomic E-state index is 6.14. The molecule has 2 N–H and O–H groups in total. The highest BCUT2D eigenvalue weighted by Gasteiger charge is 2.19. The lowest BCUT2D eigenvalue weighted by Gasteiger charge is -2.13.